The van der Waals surface area contributed by atoms with Crippen LogP contribution in [-0.4, -0.2) is 11.5 Å². The Balaban J connectivity index is 2.23. The maximum Gasteiger partial charge on any atom is 0.133 e. The van der Waals surface area contributed by atoms with E-state index in [0.717, 1.165) is 24.5 Å². The molecule has 0 unspecified atom stereocenters. The largest absolute Gasteiger partial charge is 0.352 e. The summed E-state index contributed by atoms with van der Waals surface area (Å²) in [6.45, 7) is 3.91. The van der Waals surface area contributed by atoms with Gasteiger partial charge in [-0.3, -0.25) is 0 Å². The lowest BCUT2D eigenvalue weighted by Crippen LogP contribution is -2.24. The molecular formula is C15H17ClN2. The Morgan fingerprint density at radius 3 is 2.56 bits per heavy atom. The van der Waals surface area contributed by atoms with Gasteiger partial charge in [0.05, 0.1) is 5.88 Å². The third-order valence-corrected chi connectivity index (χ3v) is 3.20. The van der Waals surface area contributed by atoms with Gasteiger partial charge in [-0.15, -0.1) is 11.6 Å². The van der Waals surface area contributed by atoms with E-state index in [4.69, 9.17) is 11.6 Å². The van der Waals surface area contributed by atoms with Gasteiger partial charge in [0.1, 0.15) is 5.82 Å². The molecule has 0 aliphatic carbocycles. The molecule has 0 N–H and O–H groups in total. The normalized spacial score (nSPS) is 10.3. The Hall–Kier alpha value is -1.54. The highest BCUT2D eigenvalue weighted by atomic mass is 35.5. The first kappa shape index (κ1) is 12.9. The molecule has 1 aromatic carbocycles. The molecule has 0 aliphatic rings. The van der Waals surface area contributed by atoms with Gasteiger partial charge in [0.25, 0.3) is 0 Å². The van der Waals surface area contributed by atoms with Crippen molar-refractivity contribution < 1.29 is 0 Å². The number of rotatable bonds is 5. The molecule has 2 nitrogen and oxygen atoms in total. The SMILES string of the molecule is CCN(Cc1ccccc1)c1ncccc1CCl. The van der Waals surface area contributed by atoms with E-state index in [-0.39, 0.29) is 0 Å². The summed E-state index contributed by atoms with van der Waals surface area (Å²) >= 11 is 5.97. The first-order valence-electron chi connectivity index (χ1n) is 6.14. The van der Waals surface area contributed by atoms with Crippen LogP contribution in [0.2, 0.25) is 0 Å². The lowest BCUT2D eigenvalue weighted by Gasteiger charge is -2.24. The summed E-state index contributed by atoms with van der Waals surface area (Å²) < 4.78 is 0. The molecule has 0 amide bonds. The third kappa shape index (κ3) is 3.02. The number of aromatic nitrogens is 1. The van der Waals surface area contributed by atoms with Gasteiger partial charge in [0, 0.05) is 24.8 Å². The highest BCUT2D eigenvalue weighted by Gasteiger charge is 2.10. The van der Waals surface area contributed by atoms with E-state index in [9.17, 15) is 0 Å². The molecule has 1 heterocycles. The molecule has 94 valence electrons. The van der Waals surface area contributed by atoms with Crippen LogP contribution in [0.1, 0.15) is 18.1 Å². The number of hydrogen-bond donors (Lipinski definition) is 0. The van der Waals surface area contributed by atoms with Gasteiger partial charge in [0.2, 0.25) is 0 Å². The summed E-state index contributed by atoms with van der Waals surface area (Å²) in [6, 6.07) is 14.4. The van der Waals surface area contributed by atoms with Crippen LogP contribution in [0.15, 0.2) is 48.7 Å². The second-order valence-corrected chi connectivity index (χ2v) is 4.39. The first-order chi connectivity index (χ1) is 8.85. The molecule has 0 spiro atoms. The Kier molecular flexibility index (Phi) is 4.59. The fourth-order valence-electron chi connectivity index (χ4n) is 1.96. The zero-order valence-corrected chi connectivity index (χ0v) is 11.3. The molecule has 0 saturated heterocycles. The molecular weight excluding hydrogens is 244 g/mol. The minimum Gasteiger partial charge on any atom is -0.352 e. The number of pyridine rings is 1. The molecule has 2 rings (SSSR count). The van der Waals surface area contributed by atoms with E-state index < -0.39 is 0 Å². The van der Waals surface area contributed by atoms with Crippen molar-refractivity contribution in [3.05, 3.63) is 59.8 Å². The Morgan fingerprint density at radius 1 is 1.11 bits per heavy atom. The van der Waals surface area contributed by atoms with Crippen LogP contribution in [0, 0.1) is 0 Å². The third-order valence-electron chi connectivity index (χ3n) is 2.91. The van der Waals surface area contributed by atoms with Crippen molar-refractivity contribution in [1.82, 2.24) is 4.98 Å². The first-order valence-corrected chi connectivity index (χ1v) is 6.67. The van der Waals surface area contributed by atoms with Crippen molar-refractivity contribution in [2.75, 3.05) is 11.4 Å². The Morgan fingerprint density at radius 2 is 1.89 bits per heavy atom. The fraction of sp³-hybridized carbons (Fsp3) is 0.267. The van der Waals surface area contributed by atoms with Gasteiger partial charge < -0.3 is 4.90 Å². The Bertz CT molecular complexity index is 485. The number of anilines is 1. The van der Waals surface area contributed by atoms with E-state index in [2.05, 4.69) is 41.1 Å². The van der Waals surface area contributed by atoms with Crippen LogP contribution < -0.4 is 4.90 Å². The fourth-order valence-corrected chi connectivity index (χ4v) is 2.17. The van der Waals surface area contributed by atoms with E-state index in [1.165, 1.54) is 5.56 Å². The van der Waals surface area contributed by atoms with Crippen LogP contribution in [0.3, 0.4) is 0 Å². The smallest absolute Gasteiger partial charge is 0.133 e. The van der Waals surface area contributed by atoms with Crippen LogP contribution in [0.4, 0.5) is 5.82 Å². The molecule has 1 aromatic heterocycles. The van der Waals surface area contributed by atoms with Crippen LogP contribution in [0.5, 0.6) is 0 Å². The van der Waals surface area contributed by atoms with Crippen molar-refractivity contribution in [2.45, 2.75) is 19.3 Å². The molecule has 0 aliphatic heterocycles. The highest BCUT2D eigenvalue weighted by molar-refractivity contribution is 6.17. The topological polar surface area (TPSA) is 16.1 Å². The second-order valence-electron chi connectivity index (χ2n) is 4.12. The van der Waals surface area contributed by atoms with Gasteiger partial charge in [-0.2, -0.15) is 0 Å². The number of nitrogens with zero attached hydrogens (tertiary/aromatic N) is 2. The molecule has 2 aromatic rings. The minimum atomic E-state index is 0.495. The lowest BCUT2D eigenvalue weighted by molar-refractivity contribution is 0.808. The highest BCUT2D eigenvalue weighted by Crippen LogP contribution is 2.20. The summed E-state index contributed by atoms with van der Waals surface area (Å²) in [7, 11) is 0. The summed E-state index contributed by atoms with van der Waals surface area (Å²) in [5, 5.41) is 0. The van der Waals surface area contributed by atoms with E-state index in [1.54, 1.807) is 0 Å². The standard InChI is InChI=1S/C15H17ClN2/c1-2-18(12-13-7-4-3-5-8-13)15-14(11-16)9-6-10-17-15/h3-10H,2,11-12H2,1H3. The van der Waals surface area contributed by atoms with Crippen LogP contribution in [-0.2, 0) is 12.4 Å². The summed E-state index contributed by atoms with van der Waals surface area (Å²) in [5.74, 6) is 1.48. The Labute approximate surface area is 113 Å². The molecule has 0 bridgehead atoms. The predicted octanol–water partition coefficient (Wildman–Crippen LogP) is 3.85. The molecule has 0 radical (unpaired) electrons. The van der Waals surface area contributed by atoms with Crippen molar-refractivity contribution in [1.29, 1.82) is 0 Å². The molecule has 3 heteroatoms. The van der Waals surface area contributed by atoms with Gasteiger partial charge >= 0.3 is 0 Å². The summed E-state index contributed by atoms with van der Waals surface area (Å²) in [5.41, 5.74) is 2.36. The van der Waals surface area contributed by atoms with Crippen LogP contribution in [0.25, 0.3) is 0 Å². The average molecular weight is 261 g/mol. The zero-order chi connectivity index (χ0) is 12.8. The lowest BCUT2D eigenvalue weighted by atomic mass is 10.2. The molecule has 0 atom stereocenters. The quantitative estimate of drug-likeness (QED) is 0.760. The monoisotopic (exact) mass is 260 g/mol. The average Bonchev–Trinajstić information content (AvgIpc) is 2.46. The van der Waals surface area contributed by atoms with E-state index in [1.807, 2.05) is 24.4 Å². The van der Waals surface area contributed by atoms with E-state index >= 15 is 0 Å². The number of benzene rings is 1. The molecule has 18 heavy (non-hydrogen) atoms. The molecule has 0 saturated carbocycles. The minimum absolute atomic E-state index is 0.495. The summed E-state index contributed by atoms with van der Waals surface area (Å²) in [6.07, 6.45) is 1.82. The van der Waals surface area contributed by atoms with Crippen molar-refractivity contribution >= 4 is 17.4 Å². The van der Waals surface area contributed by atoms with E-state index in [0.29, 0.717) is 5.88 Å². The molecule has 0 fully saturated rings. The van der Waals surface area contributed by atoms with Gasteiger partial charge in [-0.1, -0.05) is 36.4 Å². The maximum atomic E-state index is 5.97. The summed E-state index contributed by atoms with van der Waals surface area (Å²) in [4.78, 5) is 6.70. The second kappa shape index (κ2) is 6.41. The van der Waals surface area contributed by atoms with Crippen LogP contribution >= 0.6 is 11.6 Å². The van der Waals surface area contributed by atoms with Gasteiger partial charge in [-0.25, -0.2) is 4.98 Å². The zero-order valence-electron chi connectivity index (χ0n) is 10.5. The van der Waals surface area contributed by atoms with Crippen molar-refractivity contribution in [3.63, 3.8) is 0 Å². The number of halogens is 1. The maximum absolute atomic E-state index is 5.97. The number of hydrogen-bond acceptors (Lipinski definition) is 2. The van der Waals surface area contributed by atoms with Crippen molar-refractivity contribution in [2.24, 2.45) is 0 Å². The predicted molar refractivity (Wildman–Crippen MR) is 77.0 cm³/mol. The number of alkyl halides is 1. The van der Waals surface area contributed by atoms with Gasteiger partial charge in [-0.05, 0) is 18.6 Å². The van der Waals surface area contributed by atoms with Crippen molar-refractivity contribution in [3.8, 4) is 0 Å². The van der Waals surface area contributed by atoms with Gasteiger partial charge in [0.15, 0.2) is 0 Å².